The molecule has 116 valence electrons. The number of benzene rings is 2. The molecular formula is C15H12F3NO2S. The summed E-state index contributed by atoms with van der Waals surface area (Å²) in [5.74, 6) is 0. The lowest BCUT2D eigenvalue weighted by molar-refractivity contribution is -0.137. The maximum Gasteiger partial charge on any atom is 0.416 e. The number of sulfonamides is 1. The molecule has 2 rings (SSSR count). The third-order valence-corrected chi connectivity index (χ3v) is 4.15. The molecule has 0 radical (unpaired) electrons. The molecule has 0 fully saturated rings. The minimum atomic E-state index is -4.43. The van der Waals surface area contributed by atoms with Gasteiger partial charge in [0.15, 0.2) is 0 Å². The van der Waals surface area contributed by atoms with E-state index in [4.69, 9.17) is 0 Å². The van der Waals surface area contributed by atoms with E-state index < -0.39 is 21.8 Å². The molecule has 2 aromatic rings. The third-order valence-electron chi connectivity index (χ3n) is 2.90. The summed E-state index contributed by atoms with van der Waals surface area (Å²) in [6, 6.07) is 10.2. The first-order valence-corrected chi connectivity index (χ1v) is 7.67. The predicted octanol–water partition coefficient (Wildman–Crippen LogP) is 3.82. The molecule has 22 heavy (non-hydrogen) atoms. The van der Waals surface area contributed by atoms with E-state index in [9.17, 15) is 21.6 Å². The molecule has 0 saturated carbocycles. The fraction of sp³-hybridized carbons (Fsp3) is 0.133. The van der Waals surface area contributed by atoms with Gasteiger partial charge in [-0.2, -0.15) is 26.0 Å². The molecule has 0 bridgehead atoms. The van der Waals surface area contributed by atoms with E-state index in [0.29, 0.717) is 0 Å². The molecule has 2 aromatic carbocycles. The van der Waals surface area contributed by atoms with E-state index in [1.165, 1.54) is 12.1 Å². The molecular weight excluding hydrogens is 315 g/mol. The number of aryl methyl sites for hydroxylation is 1. The number of alkyl halides is 3. The van der Waals surface area contributed by atoms with Crippen molar-refractivity contribution < 1.29 is 21.6 Å². The lowest BCUT2D eigenvalue weighted by Crippen LogP contribution is -2.04. The first-order chi connectivity index (χ1) is 10.2. The van der Waals surface area contributed by atoms with E-state index in [0.717, 1.165) is 36.0 Å². The fourth-order valence-electron chi connectivity index (χ4n) is 1.66. The van der Waals surface area contributed by atoms with Gasteiger partial charge in [-0.1, -0.05) is 29.8 Å². The molecule has 3 nitrogen and oxygen atoms in total. The Labute approximate surface area is 126 Å². The monoisotopic (exact) mass is 327 g/mol. The van der Waals surface area contributed by atoms with E-state index in [1.54, 1.807) is 12.1 Å². The zero-order valence-electron chi connectivity index (χ0n) is 11.5. The van der Waals surface area contributed by atoms with Crippen LogP contribution in [0.3, 0.4) is 0 Å². The van der Waals surface area contributed by atoms with Gasteiger partial charge in [0.25, 0.3) is 10.0 Å². The van der Waals surface area contributed by atoms with Gasteiger partial charge in [0, 0.05) is 6.21 Å². The molecule has 0 atom stereocenters. The third kappa shape index (κ3) is 3.94. The van der Waals surface area contributed by atoms with Crippen LogP contribution in [0, 0.1) is 6.92 Å². The van der Waals surface area contributed by atoms with Gasteiger partial charge >= 0.3 is 6.18 Å². The van der Waals surface area contributed by atoms with E-state index in [-0.39, 0.29) is 10.5 Å². The summed E-state index contributed by atoms with van der Waals surface area (Å²) in [5.41, 5.74) is 0.375. The van der Waals surface area contributed by atoms with Crippen LogP contribution in [-0.4, -0.2) is 14.6 Å². The minimum Gasteiger partial charge on any atom is -0.199 e. The Kier molecular flexibility index (Phi) is 4.37. The van der Waals surface area contributed by atoms with Crippen molar-refractivity contribution in [3.8, 4) is 0 Å². The summed E-state index contributed by atoms with van der Waals surface area (Å²) in [5, 5.41) is 0. The molecule has 0 heterocycles. The molecule has 0 amide bonds. The number of hydrogen-bond acceptors (Lipinski definition) is 2. The average Bonchev–Trinajstić information content (AvgIpc) is 2.45. The highest BCUT2D eigenvalue weighted by Gasteiger charge is 2.29. The Morgan fingerprint density at radius 1 is 0.955 bits per heavy atom. The second kappa shape index (κ2) is 5.92. The second-order valence-electron chi connectivity index (χ2n) is 4.64. The van der Waals surface area contributed by atoms with Crippen LogP contribution in [0.1, 0.15) is 16.7 Å². The van der Waals surface area contributed by atoms with Gasteiger partial charge in [-0.25, -0.2) is 0 Å². The van der Waals surface area contributed by atoms with Crippen molar-refractivity contribution in [3.05, 3.63) is 65.2 Å². The molecule has 0 spiro atoms. The van der Waals surface area contributed by atoms with Gasteiger partial charge < -0.3 is 0 Å². The normalized spacial score (nSPS) is 12.7. The van der Waals surface area contributed by atoms with Crippen LogP contribution in [0.25, 0.3) is 0 Å². The number of halogens is 3. The van der Waals surface area contributed by atoms with Gasteiger partial charge in [-0.15, -0.1) is 0 Å². The maximum atomic E-state index is 12.4. The van der Waals surface area contributed by atoms with Crippen molar-refractivity contribution in [2.45, 2.75) is 18.0 Å². The lowest BCUT2D eigenvalue weighted by Gasteiger charge is -2.05. The van der Waals surface area contributed by atoms with Crippen LogP contribution in [0.4, 0.5) is 13.2 Å². The van der Waals surface area contributed by atoms with Crippen LogP contribution >= 0.6 is 0 Å². The Balaban J connectivity index is 2.22. The molecule has 0 saturated heterocycles. The van der Waals surface area contributed by atoms with Crippen LogP contribution < -0.4 is 0 Å². The highest BCUT2D eigenvalue weighted by atomic mass is 32.2. The first kappa shape index (κ1) is 16.2. The van der Waals surface area contributed by atoms with Gasteiger partial charge in [0.2, 0.25) is 0 Å². The molecule has 0 aliphatic heterocycles. The van der Waals surface area contributed by atoms with Crippen LogP contribution in [0.5, 0.6) is 0 Å². The van der Waals surface area contributed by atoms with Crippen molar-refractivity contribution in [3.63, 3.8) is 0 Å². The van der Waals surface area contributed by atoms with Crippen LogP contribution in [0.2, 0.25) is 0 Å². The molecule has 0 aliphatic carbocycles. The second-order valence-corrected chi connectivity index (χ2v) is 6.27. The predicted molar refractivity (Wildman–Crippen MR) is 77.4 cm³/mol. The van der Waals surface area contributed by atoms with Gasteiger partial charge in [-0.3, -0.25) is 0 Å². The summed E-state index contributed by atoms with van der Waals surface area (Å²) in [4.78, 5) is 0.0289. The quantitative estimate of drug-likeness (QED) is 0.805. The summed E-state index contributed by atoms with van der Waals surface area (Å²) in [7, 11) is -3.87. The molecule has 0 N–H and O–H groups in total. The largest absolute Gasteiger partial charge is 0.416 e. The Morgan fingerprint density at radius 3 is 2.00 bits per heavy atom. The van der Waals surface area contributed by atoms with Gasteiger partial charge in [-0.05, 0) is 36.8 Å². The Morgan fingerprint density at radius 2 is 1.50 bits per heavy atom. The first-order valence-electron chi connectivity index (χ1n) is 6.23. The van der Waals surface area contributed by atoms with Crippen LogP contribution in [0.15, 0.2) is 57.8 Å². The molecule has 0 unspecified atom stereocenters. The molecule has 7 heteroatoms. The highest BCUT2D eigenvalue weighted by Crippen LogP contribution is 2.28. The molecule has 0 aliphatic rings. The highest BCUT2D eigenvalue weighted by molar-refractivity contribution is 7.90. The number of rotatable bonds is 3. The standard InChI is InChI=1S/C15H12F3NO2S/c1-11-2-8-14(9-3-11)22(20,21)19-10-12-4-6-13(7-5-12)15(16,17)18/h2-10H,1H3. The van der Waals surface area contributed by atoms with Crippen LogP contribution in [-0.2, 0) is 16.2 Å². The Bertz CT molecular complexity index is 777. The molecule has 0 aromatic heterocycles. The van der Waals surface area contributed by atoms with Gasteiger partial charge in [0.05, 0.1) is 10.5 Å². The summed E-state index contributed by atoms with van der Waals surface area (Å²) >= 11 is 0. The lowest BCUT2D eigenvalue weighted by atomic mass is 10.1. The number of hydrogen-bond donors (Lipinski definition) is 0. The van der Waals surface area contributed by atoms with E-state index in [2.05, 4.69) is 4.40 Å². The zero-order valence-corrected chi connectivity index (χ0v) is 12.3. The summed E-state index contributed by atoms with van der Waals surface area (Å²) in [6.45, 7) is 1.82. The smallest absolute Gasteiger partial charge is 0.199 e. The average molecular weight is 327 g/mol. The minimum absolute atomic E-state index is 0.0289. The zero-order chi connectivity index (χ0) is 16.4. The van der Waals surface area contributed by atoms with Crippen molar-refractivity contribution >= 4 is 16.2 Å². The van der Waals surface area contributed by atoms with Crippen molar-refractivity contribution in [1.82, 2.24) is 0 Å². The topological polar surface area (TPSA) is 46.5 Å². The summed E-state index contributed by atoms with van der Waals surface area (Å²) < 4.78 is 64.7. The maximum absolute atomic E-state index is 12.4. The summed E-state index contributed by atoms with van der Waals surface area (Å²) in [6.07, 6.45) is -3.40. The van der Waals surface area contributed by atoms with Crippen molar-refractivity contribution in [1.29, 1.82) is 0 Å². The van der Waals surface area contributed by atoms with E-state index >= 15 is 0 Å². The Hall–Kier alpha value is -2.15. The van der Waals surface area contributed by atoms with Gasteiger partial charge in [0.1, 0.15) is 0 Å². The number of nitrogens with zero attached hydrogens (tertiary/aromatic N) is 1. The van der Waals surface area contributed by atoms with E-state index in [1.807, 2.05) is 6.92 Å². The van der Waals surface area contributed by atoms with Crippen molar-refractivity contribution in [2.75, 3.05) is 0 Å². The van der Waals surface area contributed by atoms with Crippen molar-refractivity contribution in [2.24, 2.45) is 4.40 Å². The SMILES string of the molecule is Cc1ccc(S(=O)(=O)N=Cc2ccc(C(F)(F)F)cc2)cc1. The fourth-order valence-corrected chi connectivity index (χ4v) is 2.52.